The van der Waals surface area contributed by atoms with Gasteiger partial charge in [-0.1, -0.05) is 109 Å². The van der Waals surface area contributed by atoms with Gasteiger partial charge in [0.2, 0.25) is 0 Å². The molecule has 5 rings (SSSR count). The summed E-state index contributed by atoms with van der Waals surface area (Å²) in [5.41, 5.74) is 5.99. The Labute approximate surface area is 262 Å². The Bertz CT molecular complexity index is 1530. The lowest BCUT2D eigenvalue weighted by Crippen LogP contribution is -2.43. The Morgan fingerprint density at radius 1 is 0.644 bits per heavy atom. The number of carbonyl (C=O) groups excluding carboxylic acids is 3. The number of rotatable bonds is 13. The van der Waals surface area contributed by atoms with Crippen molar-refractivity contribution >= 4 is 18.2 Å². The standard InChI is InChI=1S/C36H36N2O7/c39-27(21-37-35(41)44-23-26-13-5-2-6-14-26)19-20-33(34(40)43-22-25-11-3-1-4-12-25)38-36(42)45-24-32-30-17-9-7-15-28(30)29-16-8-10-18-31(29)32/h1-18,27,32-33,39H,19-24H2,(H,37,41)(H,38,42)/t27-,33+/m1/s1. The highest BCUT2D eigenvalue weighted by atomic mass is 16.6. The summed E-state index contributed by atoms with van der Waals surface area (Å²) in [4.78, 5) is 38.1. The molecule has 0 radical (unpaired) electrons. The summed E-state index contributed by atoms with van der Waals surface area (Å²) in [6.07, 6.45) is -2.29. The van der Waals surface area contributed by atoms with Crippen LogP contribution in [0.1, 0.15) is 41.0 Å². The van der Waals surface area contributed by atoms with Gasteiger partial charge < -0.3 is 30.0 Å². The third-order valence-corrected chi connectivity index (χ3v) is 7.63. The number of hydrogen-bond donors (Lipinski definition) is 3. The quantitative estimate of drug-likeness (QED) is 0.131. The van der Waals surface area contributed by atoms with Crippen molar-refractivity contribution in [2.45, 2.75) is 44.1 Å². The smallest absolute Gasteiger partial charge is 0.407 e. The number of ether oxygens (including phenoxy) is 3. The minimum absolute atomic E-state index is 0.0277. The van der Waals surface area contributed by atoms with Gasteiger partial charge in [-0.05, 0) is 46.2 Å². The first kappa shape index (κ1) is 31.3. The second-order valence-corrected chi connectivity index (χ2v) is 10.8. The molecule has 4 aromatic rings. The number of fused-ring (bicyclic) bond motifs is 3. The van der Waals surface area contributed by atoms with Gasteiger partial charge in [-0.3, -0.25) is 0 Å². The highest BCUT2D eigenvalue weighted by molar-refractivity contribution is 5.82. The fraction of sp³-hybridized carbons (Fsp3) is 0.250. The molecule has 3 N–H and O–H groups in total. The molecule has 2 atom stereocenters. The number of amides is 2. The van der Waals surface area contributed by atoms with E-state index in [1.54, 1.807) is 0 Å². The zero-order chi connectivity index (χ0) is 31.4. The monoisotopic (exact) mass is 608 g/mol. The van der Waals surface area contributed by atoms with Crippen molar-refractivity contribution in [3.8, 4) is 11.1 Å². The molecule has 2 amide bonds. The molecule has 1 aliphatic rings. The predicted octanol–water partition coefficient (Wildman–Crippen LogP) is 5.70. The van der Waals surface area contributed by atoms with E-state index >= 15 is 0 Å². The lowest BCUT2D eigenvalue weighted by atomic mass is 9.98. The van der Waals surface area contributed by atoms with E-state index in [1.165, 1.54) is 0 Å². The molecule has 0 spiro atoms. The molecule has 0 fully saturated rings. The molecule has 0 unspecified atom stereocenters. The van der Waals surface area contributed by atoms with Crippen LogP contribution in [-0.2, 0) is 32.2 Å². The minimum Gasteiger partial charge on any atom is -0.459 e. The maximum Gasteiger partial charge on any atom is 0.407 e. The average molecular weight is 609 g/mol. The van der Waals surface area contributed by atoms with Crippen molar-refractivity contribution < 1.29 is 33.7 Å². The van der Waals surface area contributed by atoms with Crippen LogP contribution < -0.4 is 10.6 Å². The van der Waals surface area contributed by atoms with Gasteiger partial charge in [0.05, 0.1) is 6.10 Å². The summed E-state index contributed by atoms with van der Waals surface area (Å²) >= 11 is 0. The van der Waals surface area contributed by atoms with Gasteiger partial charge in [-0.2, -0.15) is 0 Å². The zero-order valence-corrected chi connectivity index (χ0v) is 24.8. The molecular weight excluding hydrogens is 572 g/mol. The van der Waals surface area contributed by atoms with Crippen molar-refractivity contribution in [2.75, 3.05) is 13.2 Å². The summed E-state index contributed by atoms with van der Waals surface area (Å²) in [6.45, 7) is 0.121. The number of aliphatic hydroxyl groups excluding tert-OH is 1. The number of benzene rings is 4. The van der Waals surface area contributed by atoms with Crippen LogP contribution in [0.5, 0.6) is 0 Å². The van der Waals surface area contributed by atoms with E-state index in [0.717, 1.165) is 33.4 Å². The van der Waals surface area contributed by atoms with Crippen molar-refractivity contribution in [1.82, 2.24) is 10.6 Å². The van der Waals surface area contributed by atoms with Crippen LogP contribution in [0.2, 0.25) is 0 Å². The highest BCUT2D eigenvalue weighted by Gasteiger charge is 2.30. The van der Waals surface area contributed by atoms with Crippen LogP contribution in [-0.4, -0.2) is 48.6 Å². The van der Waals surface area contributed by atoms with Gasteiger partial charge in [0, 0.05) is 12.5 Å². The first-order valence-corrected chi connectivity index (χ1v) is 14.9. The topological polar surface area (TPSA) is 123 Å². The lowest BCUT2D eigenvalue weighted by molar-refractivity contribution is -0.147. The first-order valence-electron chi connectivity index (χ1n) is 14.9. The SMILES string of the molecule is O=C(NC[C@H](O)CC[C@H](NC(=O)OCC1c2ccccc2-c2ccccc21)C(=O)OCc1ccccc1)OCc1ccccc1. The van der Waals surface area contributed by atoms with Crippen LogP contribution in [0.4, 0.5) is 9.59 Å². The van der Waals surface area contributed by atoms with Crippen molar-refractivity contribution in [3.05, 3.63) is 131 Å². The minimum atomic E-state index is -1.08. The number of alkyl carbamates (subject to hydrolysis) is 2. The number of esters is 1. The molecule has 9 nitrogen and oxygen atoms in total. The lowest BCUT2D eigenvalue weighted by Gasteiger charge is -2.20. The van der Waals surface area contributed by atoms with E-state index in [0.29, 0.717) is 0 Å². The largest absolute Gasteiger partial charge is 0.459 e. The van der Waals surface area contributed by atoms with E-state index in [-0.39, 0.29) is 45.1 Å². The molecule has 4 aromatic carbocycles. The van der Waals surface area contributed by atoms with Crippen LogP contribution >= 0.6 is 0 Å². The van der Waals surface area contributed by atoms with Gasteiger partial charge in [-0.15, -0.1) is 0 Å². The number of nitrogens with one attached hydrogen (secondary N) is 2. The highest BCUT2D eigenvalue weighted by Crippen LogP contribution is 2.44. The Kier molecular flexibility index (Phi) is 10.8. The molecule has 9 heteroatoms. The fourth-order valence-corrected chi connectivity index (χ4v) is 5.30. The van der Waals surface area contributed by atoms with Crippen molar-refractivity contribution in [1.29, 1.82) is 0 Å². The Hall–Kier alpha value is -5.15. The molecule has 1 aliphatic carbocycles. The van der Waals surface area contributed by atoms with E-state index in [1.807, 2.05) is 97.1 Å². The second-order valence-electron chi connectivity index (χ2n) is 10.8. The van der Waals surface area contributed by atoms with Crippen LogP contribution in [0.25, 0.3) is 11.1 Å². The number of hydrogen-bond acceptors (Lipinski definition) is 7. The average Bonchev–Trinajstić information content (AvgIpc) is 3.40. The van der Waals surface area contributed by atoms with Crippen molar-refractivity contribution in [3.63, 3.8) is 0 Å². The molecule has 0 aliphatic heterocycles. The van der Waals surface area contributed by atoms with E-state index < -0.39 is 30.3 Å². The summed E-state index contributed by atoms with van der Waals surface area (Å²) < 4.78 is 16.3. The van der Waals surface area contributed by atoms with Gasteiger partial charge in [0.1, 0.15) is 25.9 Å². The Balaban J connectivity index is 1.15. The second kappa shape index (κ2) is 15.5. The molecule has 0 heterocycles. The molecule has 232 valence electrons. The fourth-order valence-electron chi connectivity index (χ4n) is 5.30. The molecule has 0 saturated heterocycles. The normalized spacial score (nSPS) is 13.1. The van der Waals surface area contributed by atoms with Crippen LogP contribution in [0.15, 0.2) is 109 Å². The molecule has 45 heavy (non-hydrogen) atoms. The van der Waals surface area contributed by atoms with Gasteiger partial charge in [0.15, 0.2) is 0 Å². The summed E-state index contributed by atoms with van der Waals surface area (Å²) in [7, 11) is 0. The van der Waals surface area contributed by atoms with Crippen LogP contribution in [0, 0.1) is 0 Å². The maximum atomic E-state index is 13.1. The molecule has 0 bridgehead atoms. The van der Waals surface area contributed by atoms with Crippen LogP contribution in [0.3, 0.4) is 0 Å². The number of aliphatic hydroxyl groups is 1. The predicted molar refractivity (Wildman–Crippen MR) is 168 cm³/mol. The van der Waals surface area contributed by atoms with Crippen molar-refractivity contribution in [2.24, 2.45) is 0 Å². The summed E-state index contributed by atoms with van der Waals surface area (Å²) in [5.74, 6) is -0.795. The Morgan fingerprint density at radius 2 is 1.18 bits per heavy atom. The van der Waals surface area contributed by atoms with E-state index in [4.69, 9.17) is 14.2 Å². The van der Waals surface area contributed by atoms with Gasteiger partial charge in [0.25, 0.3) is 0 Å². The van der Waals surface area contributed by atoms with E-state index in [9.17, 15) is 19.5 Å². The summed E-state index contributed by atoms with van der Waals surface area (Å²) in [5, 5.41) is 15.7. The van der Waals surface area contributed by atoms with Gasteiger partial charge >= 0.3 is 18.2 Å². The summed E-state index contributed by atoms with van der Waals surface area (Å²) in [6, 6.07) is 33.4. The Morgan fingerprint density at radius 3 is 1.78 bits per heavy atom. The third-order valence-electron chi connectivity index (χ3n) is 7.63. The zero-order valence-electron chi connectivity index (χ0n) is 24.8. The van der Waals surface area contributed by atoms with E-state index in [2.05, 4.69) is 22.8 Å². The first-order chi connectivity index (χ1) is 22.0. The molecular formula is C36H36N2O7. The number of carbonyl (C=O) groups is 3. The maximum absolute atomic E-state index is 13.1. The third kappa shape index (κ3) is 8.70. The molecule has 0 saturated carbocycles. The molecule has 0 aromatic heterocycles. The van der Waals surface area contributed by atoms with Gasteiger partial charge in [-0.25, -0.2) is 14.4 Å².